The van der Waals surface area contributed by atoms with Gasteiger partial charge in [0, 0.05) is 22.3 Å². The van der Waals surface area contributed by atoms with E-state index < -0.39 is 11.6 Å². The summed E-state index contributed by atoms with van der Waals surface area (Å²) in [6, 6.07) is 9.89. The number of amides is 1. The highest BCUT2D eigenvalue weighted by molar-refractivity contribution is 6.30. The lowest BCUT2D eigenvalue weighted by Gasteiger charge is -2.12. The van der Waals surface area contributed by atoms with E-state index in [9.17, 15) is 13.6 Å². The lowest BCUT2D eigenvalue weighted by molar-refractivity contribution is -0.682. The average Bonchev–Trinajstić information content (AvgIpc) is 2.47. The van der Waals surface area contributed by atoms with Crippen LogP contribution >= 0.6 is 11.6 Å². The normalized spacial score (nSPS) is 12.0. The molecule has 0 aliphatic carbocycles. The monoisotopic (exact) mass is 325 g/mol. The molecule has 116 valence electrons. The lowest BCUT2D eigenvalue weighted by atomic mass is 10.1. The van der Waals surface area contributed by atoms with Gasteiger partial charge in [0.1, 0.15) is 17.7 Å². The fraction of sp³-hybridized carbons (Fsp3) is 0.188. The number of rotatable bonds is 5. The molecule has 0 heterocycles. The minimum absolute atomic E-state index is 0.126. The number of hydrogen-bond donors (Lipinski definition) is 2. The summed E-state index contributed by atoms with van der Waals surface area (Å²) in [6.45, 7) is 1.88. The van der Waals surface area contributed by atoms with E-state index in [2.05, 4.69) is 5.32 Å². The van der Waals surface area contributed by atoms with Crippen LogP contribution in [0.15, 0.2) is 42.5 Å². The van der Waals surface area contributed by atoms with Gasteiger partial charge in [-0.2, -0.15) is 0 Å². The summed E-state index contributed by atoms with van der Waals surface area (Å²) in [4.78, 5) is 11.8. The number of nitrogens with one attached hydrogen (secondary N) is 1. The van der Waals surface area contributed by atoms with Gasteiger partial charge >= 0.3 is 0 Å². The summed E-state index contributed by atoms with van der Waals surface area (Å²) < 4.78 is 26.5. The molecule has 0 saturated carbocycles. The number of halogens is 3. The Hall–Kier alpha value is -1.98. The quantitative estimate of drug-likeness (QED) is 0.872. The number of carbonyl (C=O) groups is 1. The molecule has 0 fully saturated rings. The maximum atomic E-state index is 13.6. The van der Waals surface area contributed by atoms with Crippen LogP contribution in [-0.4, -0.2) is 12.5 Å². The van der Waals surface area contributed by atoms with Gasteiger partial charge in [-0.3, -0.25) is 4.79 Å². The zero-order valence-electron chi connectivity index (χ0n) is 11.9. The summed E-state index contributed by atoms with van der Waals surface area (Å²) in [6.07, 6.45) is 0. The smallest absolute Gasteiger partial charge is 0.279 e. The van der Waals surface area contributed by atoms with E-state index in [1.54, 1.807) is 36.5 Å². The second kappa shape index (κ2) is 7.33. The van der Waals surface area contributed by atoms with Gasteiger partial charge < -0.3 is 10.6 Å². The predicted octanol–water partition coefficient (Wildman–Crippen LogP) is 2.88. The number of benzene rings is 2. The van der Waals surface area contributed by atoms with Crippen molar-refractivity contribution in [3.63, 3.8) is 0 Å². The van der Waals surface area contributed by atoms with E-state index in [0.29, 0.717) is 16.3 Å². The zero-order valence-corrected chi connectivity index (χ0v) is 12.7. The molecular weight excluding hydrogens is 310 g/mol. The van der Waals surface area contributed by atoms with Crippen LogP contribution in [0, 0.1) is 11.6 Å². The first kappa shape index (κ1) is 16.4. The first-order valence-electron chi connectivity index (χ1n) is 6.79. The largest absolute Gasteiger partial charge is 0.332 e. The van der Waals surface area contributed by atoms with Gasteiger partial charge in [0.15, 0.2) is 6.54 Å². The number of quaternary nitrogens is 1. The lowest BCUT2D eigenvalue weighted by Crippen LogP contribution is -2.86. The third kappa shape index (κ3) is 4.51. The van der Waals surface area contributed by atoms with Crippen molar-refractivity contribution < 1.29 is 18.9 Å². The van der Waals surface area contributed by atoms with Crippen molar-refractivity contribution in [2.45, 2.75) is 13.0 Å². The van der Waals surface area contributed by atoms with Crippen molar-refractivity contribution in [3.8, 4) is 0 Å². The topological polar surface area (TPSA) is 45.7 Å². The van der Waals surface area contributed by atoms with Crippen molar-refractivity contribution in [1.82, 2.24) is 0 Å². The molecule has 3 nitrogen and oxygen atoms in total. The first-order chi connectivity index (χ1) is 10.5. The van der Waals surface area contributed by atoms with Crippen molar-refractivity contribution in [2.24, 2.45) is 0 Å². The second-order valence-corrected chi connectivity index (χ2v) is 5.39. The molecule has 0 aliphatic rings. The van der Waals surface area contributed by atoms with Crippen LogP contribution in [-0.2, 0) is 4.79 Å². The number of carbonyl (C=O) groups excluding carboxylic acids is 1. The van der Waals surface area contributed by atoms with Crippen LogP contribution in [0.4, 0.5) is 14.5 Å². The fourth-order valence-corrected chi connectivity index (χ4v) is 2.15. The minimum atomic E-state index is -0.617. The van der Waals surface area contributed by atoms with Gasteiger partial charge in [-0.1, -0.05) is 11.6 Å². The van der Waals surface area contributed by atoms with Gasteiger partial charge in [0.05, 0.1) is 0 Å². The third-order valence-corrected chi connectivity index (χ3v) is 3.49. The van der Waals surface area contributed by atoms with Crippen LogP contribution in [0.2, 0.25) is 5.02 Å². The number of anilines is 1. The molecule has 0 bridgehead atoms. The van der Waals surface area contributed by atoms with E-state index in [1.165, 1.54) is 12.1 Å². The Morgan fingerprint density at radius 2 is 1.91 bits per heavy atom. The Kier molecular flexibility index (Phi) is 5.46. The molecule has 2 rings (SSSR count). The highest BCUT2D eigenvalue weighted by Gasteiger charge is 2.16. The first-order valence-corrected chi connectivity index (χ1v) is 7.17. The van der Waals surface area contributed by atoms with Crippen LogP contribution in [0.5, 0.6) is 0 Å². The molecule has 0 radical (unpaired) electrons. The van der Waals surface area contributed by atoms with E-state index in [4.69, 9.17) is 11.6 Å². The van der Waals surface area contributed by atoms with Crippen LogP contribution in [0.1, 0.15) is 18.5 Å². The molecule has 0 aliphatic heterocycles. The van der Waals surface area contributed by atoms with Crippen molar-refractivity contribution in [3.05, 3.63) is 64.7 Å². The van der Waals surface area contributed by atoms with E-state index in [1.807, 2.05) is 0 Å². The zero-order chi connectivity index (χ0) is 16.1. The van der Waals surface area contributed by atoms with Crippen LogP contribution in [0.3, 0.4) is 0 Å². The summed E-state index contributed by atoms with van der Waals surface area (Å²) in [5.41, 5.74) is 1.00. The van der Waals surface area contributed by atoms with Crippen LogP contribution in [0.25, 0.3) is 0 Å². The van der Waals surface area contributed by atoms with Crippen molar-refractivity contribution >= 4 is 23.2 Å². The Labute approximate surface area is 132 Å². The molecule has 2 aromatic carbocycles. The molecule has 1 amide bonds. The van der Waals surface area contributed by atoms with E-state index >= 15 is 0 Å². The second-order valence-electron chi connectivity index (χ2n) is 4.95. The average molecular weight is 326 g/mol. The Balaban J connectivity index is 1.88. The summed E-state index contributed by atoms with van der Waals surface area (Å²) in [5.74, 6) is -1.44. The van der Waals surface area contributed by atoms with Gasteiger partial charge in [0.25, 0.3) is 5.91 Å². The van der Waals surface area contributed by atoms with Gasteiger partial charge in [-0.15, -0.1) is 0 Å². The van der Waals surface area contributed by atoms with Gasteiger partial charge in [-0.25, -0.2) is 8.78 Å². The third-order valence-electron chi connectivity index (χ3n) is 3.24. The molecule has 0 saturated heterocycles. The summed E-state index contributed by atoms with van der Waals surface area (Å²) in [5, 5.41) is 4.99. The molecule has 1 atom stereocenters. The fourth-order valence-electron chi connectivity index (χ4n) is 2.03. The predicted molar refractivity (Wildman–Crippen MR) is 81.6 cm³/mol. The maximum Gasteiger partial charge on any atom is 0.279 e. The molecule has 0 spiro atoms. The highest BCUT2D eigenvalue weighted by Crippen LogP contribution is 2.15. The Morgan fingerprint density at radius 3 is 2.55 bits per heavy atom. The Morgan fingerprint density at radius 1 is 1.23 bits per heavy atom. The molecule has 2 aromatic rings. The molecule has 6 heteroatoms. The maximum absolute atomic E-state index is 13.6. The molecular formula is C16H16ClF2N2O+. The van der Waals surface area contributed by atoms with E-state index in [0.717, 1.165) is 6.07 Å². The van der Waals surface area contributed by atoms with E-state index in [-0.39, 0.29) is 18.5 Å². The molecule has 0 aromatic heterocycles. The van der Waals surface area contributed by atoms with Crippen molar-refractivity contribution in [1.29, 1.82) is 0 Å². The Bertz CT molecular complexity index is 662. The van der Waals surface area contributed by atoms with Crippen LogP contribution < -0.4 is 10.6 Å². The highest BCUT2D eigenvalue weighted by atomic mass is 35.5. The van der Waals surface area contributed by atoms with Gasteiger partial charge in [0.2, 0.25) is 0 Å². The molecule has 3 N–H and O–H groups in total. The molecule has 0 unspecified atom stereocenters. The number of hydrogen-bond acceptors (Lipinski definition) is 1. The minimum Gasteiger partial charge on any atom is -0.332 e. The SMILES string of the molecule is C[C@H]([NH2+]CC(=O)Nc1ccc(Cl)cc1)c1ccc(F)cc1F. The van der Waals surface area contributed by atoms with Gasteiger partial charge in [-0.05, 0) is 43.3 Å². The standard InChI is InChI=1S/C16H15ClF2N2O/c1-10(14-7-4-12(18)8-15(14)19)20-9-16(22)21-13-5-2-11(17)3-6-13/h2-8,10,20H,9H2,1H3,(H,21,22)/p+1/t10-/m0/s1. The summed E-state index contributed by atoms with van der Waals surface area (Å²) in [7, 11) is 0. The number of nitrogens with two attached hydrogens (primary N) is 1. The van der Waals surface area contributed by atoms with Crippen molar-refractivity contribution in [2.75, 3.05) is 11.9 Å². The summed E-state index contributed by atoms with van der Waals surface area (Å²) >= 11 is 5.76. The molecule has 22 heavy (non-hydrogen) atoms.